The number of nitrogens with one attached hydrogen (secondary N) is 1. The molecule has 2 nitrogen and oxygen atoms in total. The summed E-state index contributed by atoms with van der Waals surface area (Å²) in [5, 5.41) is 13.0. The minimum absolute atomic E-state index is 0.283. The van der Waals surface area contributed by atoms with E-state index in [1.807, 2.05) is 18.2 Å². The Morgan fingerprint density at radius 3 is 2.55 bits per heavy atom. The van der Waals surface area contributed by atoms with Crippen molar-refractivity contribution in [3.05, 3.63) is 64.1 Å². The highest BCUT2D eigenvalue weighted by molar-refractivity contribution is 9.10. The number of aryl methyl sites for hydroxylation is 1. The molecule has 0 bridgehead atoms. The summed E-state index contributed by atoms with van der Waals surface area (Å²) in [4.78, 5) is 0. The van der Waals surface area contributed by atoms with E-state index < -0.39 is 0 Å². The second-order valence-electron chi connectivity index (χ2n) is 5.09. The lowest BCUT2D eigenvalue weighted by atomic mass is 10.1. The van der Waals surface area contributed by atoms with Crippen LogP contribution in [-0.4, -0.2) is 11.1 Å². The molecule has 0 saturated carbocycles. The Bertz CT molecular complexity index is 542. The fraction of sp³-hybridized carbons (Fsp3) is 0.294. The predicted octanol–water partition coefficient (Wildman–Crippen LogP) is 4.27. The van der Waals surface area contributed by atoms with E-state index in [9.17, 15) is 5.11 Å². The van der Waals surface area contributed by atoms with Crippen molar-refractivity contribution in [1.82, 2.24) is 5.32 Å². The monoisotopic (exact) mass is 333 g/mol. The van der Waals surface area contributed by atoms with Crippen molar-refractivity contribution >= 4 is 15.9 Å². The summed E-state index contributed by atoms with van der Waals surface area (Å²) >= 11 is 3.34. The van der Waals surface area contributed by atoms with Gasteiger partial charge in [-0.05, 0) is 59.0 Å². The Kier molecular flexibility index (Phi) is 5.62. The van der Waals surface area contributed by atoms with Crippen LogP contribution in [0.2, 0.25) is 0 Å². The summed E-state index contributed by atoms with van der Waals surface area (Å²) in [6.45, 7) is 3.02. The summed E-state index contributed by atoms with van der Waals surface area (Å²) in [6.07, 6.45) is 2.21. The maximum Gasteiger partial charge on any atom is 0.129 e. The third kappa shape index (κ3) is 4.66. The van der Waals surface area contributed by atoms with Gasteiger partial charge in [0.15, 0.2) is 0 Å². The largest absolute Gasteiger partial charge is 0.507 e. The van der Waals surface area contributed by atoms with Gasteiger partial charge in [-0.3, -0.25) is 0 Å². The smallest absolute Gasteiger partial charge is 0.129 e. The van der Waals surface area contributed by atoms with Crippen LogP contribution in [0.1, 0.15) is 24.5 Å². The molecule has 0 spiro atoms. The molecule has 0 fully saturated rings. The molecule has 2 aromatic carbocycles. The molecule has 1 unspecified atom stereocenters. The lowest BCUT2D eigenvalue weighted by molar-refractivity contribution is 0.471. The number of phenolic OH excluding ortho intramolecular Hbond substituents is 1. The van der Waals surface area contributed by atoms with Crippen LogP contribution in [0.15, 0.2) is 53.0 Å². The minimum Gasteiger partial charge on any atom is -0.507 e. The maximum atomic E-state index is 9.46. The molecule has 0 aliphatic carbocycles. The third-order valence-electron chi connectivity index (χ3n) is 3.38. The standard InChI is InChI=1S/C17H20BrNO/c1-13(7-8-14-5-3-2-4-6-14)19-12-15-9-10-17(20)16(18)11-15/h2-6,9-11,13,19-20H,7-8,12H2,1H3. The van der Waals surface area contributed by atoms with Crippen molar-refractivity contribution in [2.45, 2.75) is 32.4 Å². The van der Waals surface area contributed by atoms with Crippen LogP contribution in [0.5, 0.6) is 5.75 Å². The Hall–Kier alpha value is -1.32. The Morgan fingerprint density at radius 2 is 1.85 bits per heavy atom. The molecule has 3 heteroatoms. The van der Waals surface area contributed by atoms with Crippen LogP contribution in [0.4, 0.5) is 0 Å². The van der Waals surface area contributed by atoms with Crippen LogP contribution < -0.4 is 5.32 Å². The molecular weight excluding hydrogens is 314 g/mol. The highest BCUT2D eigenvalue weighted by Gasteiger charge is 2.04. The lowest BCUT2D eigenvalue weighted by Gasteiger charge is -2.14. The highest BCUT2D eigenvalue weighted by atomic mass is 79.9. The van der Waals surface area contributed by atoms with Crippen molar-refractivity contribution in [1.29, 1.82) is 0 Å². The van der Waals surface area contributed by atoms with Crippen molar-refractivity contribution in [2.75, 3.05) is 0 Å². The molecule has 2 N–H and O–H groups in total. The van der Waals surface area contributed by atoms with Gasteiger partial charge in [0, 0.05) is 12.6 Å². The van der Waals surface area contributed by atoms with Gasteiger partial charge in [0.1, 0.15) is 5.75 Å². The molecule has 0 amide bonds. The van der Waals surface area contributed by atoms with E-state index in [-0.39, 0.29) is 5.75 Å². The summed E-state index contributed by atoms with van der Waals surface area (Å²) in [6, 6.07) is 16.6. The second-order valence-corrected chi connectivity index (χ2v) is 5.95. The SMILES string of the molecule is CC(CCc1ccccc1)NCc1ccc(O)c(Br)c1. The first-order valence-electron chi connectivity index (χ1n) is 6.90. The summed E-state index contributed by atoms with van der Waals surface area (Å²) in [5.41, 5.74) is 2.55. The molecule has 0 saturated heterocycles. The molecule has 0 aromatic heterocycles. The number of rotatable bonds is 6. The summed E-state index contributed by atoms with van der Waals surface area (Å²) < 4.78 is 0.744. The zero-order valence-corrected chi connectivity index (χ0v) is 13.2. The first-order chi connectivity index (χ1) is 9.65. The first kappa shape index (κ1) is 15.1. The number of hydrogen-bond acceptors (Lipinski definition) is 2. The van der Waals surface area contributed by atoms with Crippen LogP contribution in [0.25, 0.3) is 0 Å². The fourth-order valence-corrected chi connectivity index (χ4v) is 2.51. The van der Waals surface area contributed by atoms with Crippen LogP contribution >= 0.6 is 15.9 Å². The molecule has 0 aliphatic rings. The summed E-state index contributed by atoms with van der Waals surface area (Å²) in [5.74, 6) is 0.283. The van der Waals surface area contributed by atoms with Gasteiger partial charge >= 0.3 is 0 Å². The Balaban J connectivity index is 1.77. The zero-order valence-electron chi connectivity index (χ0n) is 11.6. The average molecular weight is 334 g/mol. The van der Waals surface area contributed by atoms with Crippen LogP contribution in [0.3, 0.4) is 0 Å². The molecule has 0 heterocycles. The number of aromatic hydroxyl groups is 1. The van der Waals surface area contributed by atoms with Gasteiger partial charge in [0.05, 0.1) is 4.47 Å². The molecule has 1 atom stereocenters. The summed E-state index contributed by atoms with van der Waals surface area (Å²) in [7, 11) is 0. The van der Waals surface area contributed by atoms with E-state index >= 15 is 0 Å². The minimum atomic E-state index is 0.283. The number of hydrogen-bond donors (Lipinski definition) is 2. The van der Waals surface area contributed by atoms with E-state index in [0.29, 0.717) is 6.04 Å². The molecule has 2 rings (SSSR count). The van der Waals surface area contributed by atoms with E-state index in [0.717, 1.165) is 23.9 Å². The van der Waals surface area contributed by atoms with E-state index in [2.05, 4.69) is 52.4 Å². The molecule has 106 valence electrons. The van der Waals surface area contributed by atoms with E-state index in [4.69, 9.17) is 0 Å². The fourth-order valence-electron chi connectivity index (χ4n) is 2.08. The second kappa shape index (κ2) is 7.46. The van der Waals surface area contributed by atoms with E-state index in [1.54, 1.807) is 6.07 Å². The predicted molar refractivity (Wildman–Crippen MR) is 86.9 cm³/mol. The Morgan fingerprint density at radius 1 is 1.10 bits per heavy atom. The average Bonchev–Trinajstić information content (AvgIpc) is 2.47. The van der Waals surface area contributed by atoms with E-state index in [1.165, 1.54) is 11.1 Å². The molecular formula is C17H20BrNO. The van der Waals surface area contributed by atoms with Gasteiger partial charge in [0.25, 0.3) is 0 Å². The van der Waals surface area contributed by atoms with Crippen molar-refractivity contribution in [3.8, 4) is 5.75 Å². The van der Waals surface area contributed by atoms with Gasteiger partial charge < -0.3 is 10.4 Å². The molecule has 20 heavy (non-hydrogen) atoms. The van der Waals surface area contributed by atoms with Crippen molar-refractivity contribution in [3.63, 3.8) is 0 Å². The van der Waals surface area contributed by atoms with Gasteiger partial charge in [-0.1, -0.05) is 36.4 Å². The molecule has 2 aromatic rings. The first-order valence-corrected chi connectivity index (χ1v) is 7.69. The van der Waals surface area contributed by atoms with Crippen molar-refractivity contribution < 1.29 is 5.11 Å². The maximum absolute atomic E-state index is 9.46. The number of phenols is 1. The van der Waals surface area contributed by atoms with Gasteiger partial charge in [0.2, 0.25) is 0 Å². The van der Waals surface area contributed by atoms with Crippen LogP contribution in [-0.2, 0) is 13.0 Å². The van der Waals surface area contributed by atoms with Crippen LogP contribution in [0, 0.1) is 0 Å². The van der Waals surface area contributed by atoms with Gasteiger partial charge in [-0.15, -0.1) is 0 Å². The van der Waals surface area contributed by atoms with Crippen molar-refractivity contribution in [2.24, 2.45) is 0 Å². The number of benzene rings is 2. The molecule has 0 radical (unpaired) electrons. The van der Waals surface area contributed by atoms with Gasteiger partial charge in [-0.25, -0.2) is 0 Å². The zero-order chi connectivity index (χ0) is 14.4. The quantitative estimate of drug-likeness (QED) is 0.827. The highest BCUT2D eigenvalue weighted by Crippen LogP contribution is 2.24. The normalized spacial score (nSPS) is 12.3. The lowest BCUT2D eigenvalue weighted by Crippen LogP contribution is -2.25. The third-order valence-corrected chi connectivity index (χ3v) is 4.01. The molecule has 0 aliphatic heterocycles. The van der Waals surface area contributed by atoms with Gasteiger partial charge in [-0.2, -0.15) is 0 Å². The number of halogens is 1. The Labute approximate surface area is 129 Å². The topological polar surface area (TPSA) is 32.3 Å².